The molecule has 0 unspecified atom stereocenters. The molecular weight excluding hydrogens is 250 g/mol. The van der Waals surface area contributed by atoms with Gasteiger partial charge in [0.2, 0.25) is 0 Å². The summed E-state index contributed by atoms with van der Waals surface area (Å²) in [6, 6.07) is 5.07. The number of hydrogen-bond acceptors (Lipinski definition) is 1. The van der Waals surface area contributed by atoms with Gasteiger partial charge in [0.05, 0.1) is 5.02 Å². The number of phenolic OH excluding ortho intramolecular Hbond substituents is 1. The van der Waals surface area contributed by atoms with Crippen molar-refractivity contribution in [2.75, 3.05) is 0 Å². The summed E-state index contributed by atoms with van der Waals surface area (Å²) in [5, 5.41) is 9.31. The number of halogens is 2. The second-order valence-electron chi connectivity index (χ2n) is 1.60. The Morgan fingerprint density at radius 3 is 2.56 bits per heavy atom. The minimum absolute atomic E-state index is 0.136. The third kappa shape index (κ3) is 1.72. The minimum Gasteiger partial charge on any atom is -0.506 e. The lowest BCUT2D eigenvalue weighted by Gasteiger charge is -1.93. The molecule has 0 saturated carbocycles. The van der Waals surface area contributed by atoms with Crippen LogP contribution < -0.4 is 0 Å². The predicted molar refractivity (Wildman–Crippen MR) is 45.8 cm³/mol. The van der Waals surface area contributed by atoms with Crippen LogP contribution in [-0.4, -0.2) is 5.11 Å². The molecule has 0 spiro atoms. The van der Waals surface area contributed by atoms with E-state index in [-0.39, 0.29) is 5.75 Å². The van der Waals surface area contributed by atoms with Crippen molar-refractivity contribution in [3.05, 3.63) is 26.8 Å². The average molecular weight is 254 g/mol. The van der Waals surface area contributed by atoms with Crippen molar-refractivity contribution in [2.24, 2.45) is 0 Å². The van der Waals surface area contributed by atoms with E-state index >= 15 is 0 Å². The fourth-order valence-corrected chi connectivity index (χ4v) is 1.34. The van der Waals surface area contributed by atoms with E-state index in [1.807, 2.05) is 0 Å². The Bertz CT molecular complexity index is 224. The minimum atomic E-state index is 0.136. The maximum absolute atomic E-state index is 8.91. The topological polar surface area (TPSA) is 20.2 Å². The fraction of sp³-hybridized carbons (Fsp3) is 0. The van der Waals surface area contributed by atoms with E-state index in [4.69, 9.17) is 16.7 Å². The Labute approximate surface area is 71.8 Å². The first-order chi connectivity index (χ1) is 4.20. The normalized spacial score (nSPS) is 9.56. The van der Waals surface area contributed by atoms with Gasteiger partial charge in [-0.05, 0) is 40.8 Å². The van der Waals surface area contributed by atoms with Gasteiger partial charge in [-0.2, -0.15) is 0 Å². The molecule has 0 aliphatic carbocycles. The van der Waals surface area contributed by atoms with E-state index in [9.17, 15) is 0 Å². The largest absolute Gasteiger partial charge is 0.506 e. The first kappa shape index (κ1) is 7.15. The third-order valence-corrected chi connectivity index (χ3v) is 1.88. The quantitative estimate of drug-likeness (QED) is 0.706. The molecule has 9 heavy (non-hydrogen) atoms. The molecule has 0 saturated heterocycles. The van der Waals surface area contributed by atoms with Crippen molar-refractivity contribution in [2.45, 2.75) is 0 Å². The van der Waals surface area contributed by atoms with E-state index in [0.717, 1.165) is 3.57 Å². The van der Waals surface area contributed by atoms with Crippen LogP contribution in [-0.2, 0) is 0 Å². The monoisotopic (exact) mass is 254 g/mol. The van der Waals surface area contributed by atoms with E-state index < -0.39 is 0 Å². The molecule has 0 radical (unpaired) electrons. The van der Waals surface area contributed by atoms with Gasteiger partial charge in [0.1, 0.15) is 5.75 Å². The Morgan fingerprint density at radius 2 is 2.11 bits per heavy atom. The van der Waals surface area contributed by atoms with Gasteiger partial charge >= 0.3 is 0 Å². The van der Waals surface area contributed by atoms with Crippen LogP contribution in [0.5, 0.6) is 5.75 Å². The van der Waals surface area contributed by atoms with E-state index in [1.54, 1.807) is 18.2 Å². The van der Waals surface area contributed by atoms with E-state index in [0.29, 0.717) is 5.02 Å². The number of aromatic hydroxyl groups is 1. The summed E-state index contributed by atoms with van der Waals surface area (Å²) < 4.78 is 1.02. The molecule has 0 fully saturated rings. The molecule has 1 rings (SSSR count). The van der Waals surface area contributed by atoms with Gasteiger partial charge < -0.3 is 5.11 Å². The van der Waals surface area contributed by atoms with Gasteiger partial charge in [0, 0.05) is 3.57 Å². The van der Waals surface area contributed by atoms with Crippen LogP contribution >= 0.6 is 34.2 Å². The highest BCUT2D eigenvalue weighted by Crippen LogP contribution is 2.23. The maximum Gasteiger partial charge on any atom is 0.134 e. The first-order valence-electron chi connectivity index (χ1n) is 2.34. The molecule has 0 heterocycles. The lowest BCUT2D eigenvalue weighted by molar-refractivity contribution is 0.475. The molecule has 0 aliphatic heterocycles. The molecule has 0 aromatic heterocycles. The SMILES string of the molecule is Oc1ccc(I)cc1Cl. The zero-order valence-electron chi connectivity index (χ0n) is 4.44. The highest BCUT2D eigenvalue weighted by molar-refractivity contribution is 14.1. The van der Waals surface area contributed by atoms with Gasteiger partial charge in [-0.3, -0.25) is 0 Å². The zero-order valence-corrected chi connectivity index (χ0v) is 7.35. The van der Waals surface area contributed by atoms with Gasteiger partial charge in [0.15, 0.2) is 0 Å². The zero-order chi connectivity index (χ0) is 6.85. The second kappa shape index (κ2) is 2.75. The van der Waals surface area contributed by atoms with Crippen LogP contribution in [0.25, 0.3) is 0 Å². The number of phenols is 1. The van der Waals surface area contributed by atoms with E-state index in [1.165, 1.54) is 0 Å². The predicted octanol–water partition coefficient (Wildman–Crippen LogP) is 2.65. The molecular formula is C6H4ClIO. The lowest BCUT2D eigenvalue weighted by Crippen LogP contribution is -1.70. The Kier molecular flexibility index (Phi) is 2.18. The Morgan fingerprint density at radius 1 is 1.44 bits per heavy atom. The molecule has 0 aliphatic rings. The molecule has 1 N–H and O–H groups in total. The van der Waals surface area contributed by atoms with Crippen LogP contribution in [0.2, 0.25) is 5.02 Å². The van der Waals surface area contributed by atoms with Crippen molar-refractivity contribution in [1.29, 1.82) is 0 Å². The Balaban J connectivity index is 3.17. The van der Waals surface area contributed by atoms with Gasteiger partial charge in [-0.25, -0.2) is 0 Å². The van der Waals surface area contributed by atoms with Crippen molar-refractivity contribution < 1.29 is 5.11 Å². The molecule has 0 bridgehead atoms. The standard InChI is InChI=1S/C6H4ClIO/c7-5-3-4(8)1-2-6(5)9/h1-3,9H. The first-order valence-corrected chi connectivity index (χ1v) is 3.80. The summed E-state index contributed by atoms with van der Waals surface area (Å²) >= 11 is 7.69. The summed E-state index contributed by atoms with van der Waals surface area (Å²) in [6.07, 6.45) is 0. The molecule has 0 atom stereocenters. The lowest BCUT2D eigenvalue weighted by atomic mass is 10.3. The van der Waals surface area contributed by atoms with Crippen LogP contribution in [0.15, 0.2) is 18.2 Å². The summed E-state index contributed by atoms with van der Waals surface area (Å²) in [4.78, 5) is 0. The van der Waals surface area contributed by atoms with Crippen LogP contribution in [0, 0.1) is 3.57 Å². The van der Waals surface area contributed by atoms with Gasteiger partial charge in [-0.1, -0.05) is 11.6 Å². The molecule has 1 aromatic rings. The summed E-state index contributed by atoms with van der Waals surface area (Å²) in [5.41, 5.74) is 0. The smallest absolute Gasteiger partial charge is 0.134 e. The van der Waals surface area contributed by atoms with Crippen molar-refractivity contribution in [3.63, 3.8) is 0 Å². The summed E-state index contributed by atoms with van der Waals surface area (Å²) in [6.45, 7) is 0. The van der Waals surface area contributed by atoms with E-state index in [2.05, 4.69) is 22.6 Å². The van der Waals surface area contributed by atoms with Crippen molar-refractivity contribution >= 4 is 34.2 Å². The fourth-order valence-electron chi connectivity index (χ4n) is 0.481. The summed E-state index contributed by atoms with van der Waals surface area (Å²) in [5.74, 6) is 0.136. The van der Waals surface area contributed by atoms with Crippen molar-refractivity contribution in [1.82, 2.24) is 0 Å². The molecule has 0 amide bonds. The molecule has 3 heteroatoms. The number of hydrogen-bond donors (Lipinski definition) is 1. The van der Waals surface area contributed by atoms with Crippen LogP contribution in [0.1, 0.15) is 0 Å². The highest BCUT2D eigenvalue weighted by Gasteiger charge is 1.95. The number of rotatable bonds is 0. The van der Waals surface area contributed by atoms with Gasteiger partial charge in [-0.15, -0.1) is 0 Å². The number of benzene rings is 1. The second-order valence-corrected chi connectivity index (χ2v) is 3.25. The third-order valence-electron chi connectivity index (χ3n) is 0.910. The maximum atomic E-state index is 8.91. The molecule has 1 nitrogen and oxygen atoms in total. The van der Waals surface area contributed by atoms with Crippen LogP contribution in [0.3, 0.4) is 0 Å². The van der Waals surface area contributed by atoms with Gasteiger partial charge in [0.25, 0.3) is 0 Å². The highest BCUT2D eigenvalue weighted by atomic mass is 127. The van der Waals surface area contributed by atoms with Crippen molar-refractivity contribution in [3.8, 4) is 5.75 Å². The summed E-state index contributed by atoms with van der Waals surface area (Å²) in [7, 11) is 0. The molecule has 48 valence electrons. The Hall–Kier alpha value is 0.0400. The van der Waals surface area contributed by atoms with Crippen LogP contribution in [0.4, 0.5) is 0 Å². The average Bonchev–Trinajstić information content (AvgIpc) is 1.80. The molecule has 1 aromatic carbocycles.